The second-order valence-electron chi connectivity index (χ2n) is 13.0. The number of aromatic amines is 1. The summed E-state index contributed by atoms with van der Waals surface area (Å²) in [7, 11) is 3.14. The number of aryl methyl sites for hydroxylation is 3. The Kier molecular flexibility index (Phi) is 7.57. The lowest BCUT2D eigenvalue weighted by atomic mass is 9.71. The number of benzene rings is 3. The molecule has 1 atom stereocenters. The maximum Gasteiger partial charge on any atom is 0.261 e. The fourth-order valence-corrected chi connectivity index (χ4v) is 7.52. The number of aromatic hydroxyl groups is 2. The Hall–Kier alpha value is -6.21. The van der Waals surface area contributed by atoms with Crippen LogP contribution in [0.2, 0.25) is 0 Å². The van der Waals surface area contributed by atoms with E-state index < -0.39 is 11.0 Å². The first kappa shape index (κ1) is 33.0. The standard InChI is InChI=1S/C39H33N5O7S/c1-19-32(45)30(24-13-12-23-36(40-24)43(38(52)41-37(23)48)16-15-21-11-14-26(49-4)27(17-21)50-5)34-31(33(19)46)39(3)28(51-34)18-25-29(35(39)47)20(2)42-44(25)22-9-7-6-8-10-22/h6-14,17-18,45-46H,15-16H2,1-5H3,(H,41,48,52). The third-order valence-corrected chi connectivity index (χ3v) is 10.4. The van der Waals surface area contributed by atoms with Gasteiger partial charge in [0, 0.05) is 18.2 Å². The lowest BCUT2D eigenvalue weighted by molar-refractivity contribution is 0.0905. The Morgan fingerprint density at radius 2 is 1.71 bits per heavy atom. The van der Waals surface area contributed by atoms with E-state index in [9.17, 15) is 19.8 Å². The Bertz CT molecular complexity index is 2660. The lowest BCUT2D eigenvalue weighted by Gasteiger charge is -2.27. The van der Waals surface area contributed by atoms with Crippen molar-refractivity contribution >= 4 is 35.1 Å². The summed E-state index contributed by atoms with van der Waals surface area (Å²) in [4.78, 5) is 35.3. The zero-order valence-electron chi connectivity index (χ0n) is 28.9. The molecular formula is C39H33N5O7S. The molecule has 2 aliphatic rings. The van der Waals surface area contributed by atoms with Crippen LogP contribution in [0.25, 0.3) is 34.1 Å². The zero-order chi connectivity index (χ0) is 36.6. The van der Waals surface area contributed by atoms with Gasteiger partial charge in [-0.1, -0.05) is 24.3 Å². The van der Waals surface area contributed by atoms with Gasteiger partial charge in [0.1, 0.15) is 34.1 Å². The van der Waals surface area contributed by atoms with Crippen molar-refractivity contribution in [2.24, 2.45) is 0 Å². The second kappa shape index (κ2) is 11.9. The number of Topliss-reactive ketones (excluding diaryl/α,β-unsaturated/α-hetero) is 1. The highest BCUT2D eigenvalue weighted by molar-refractivity contribution is 7.71. The molecule has 8 rings (SSSR count). The molecule has 3 N–H and O–H groups in total. The van der Waals surface area contributed by atoms with Gasteiger partial charge in [-0.3, -0.25) is 14.6 Å². The van der Waals surface area contributed by atoms with Crippen molar-refractivity contribution in [1.82, 2.24) is 24.3 Å². The molecule has 4 heterocycles. The number of phenols is 2. The van der Waals surface area contributed by atoms with Gasteiger partial charge in [-0.05, 0) is 81.4 Å². The fourth-order valence-electron chi connectivity index (χ4n) is 7.25. The van der Waals surface area contributed by atoms with Crippen molar-refractivity contribution in [3.63, 3.8) is 0 Å². The molecule has 52 heavy (non-hydrogen) atoms. The van der Waals surface area contributed by atoms with Crippen molar-refractivity contribution < 1.29 is 29.2 Å². The number of carbonyl (C=O) groups is 1. The number of carbonyl (C=O) groups excluding carboxylic acids is 1. The van der Waals surface area contributed by atoms with E-state index in [1.807, 2.05) is 48.5 Å². The number of hydrogen-bond acceptors (Lipinski definition) is 10. The molecule has 1 unspecified atom stereocenters. The average molecular weight is 716 g/mol. The predicted molar refractivity (Wildman–Crippen MR) is 197 cm³/mol. The molecule has 0 spiro atoms. The molecule has 12 nitrogen and oxygen atoms in total. The van der Waals surface area contributed by atoms with Crippen LogP contribution in [0.3, 0.4) is 0 Å². The van der Waals surface area contributed by atoms with Crippen molar-refractivity contribution in [3.05, 3.63) is 115 Å². The highest BCUT2D eigenvalue weighted by Crippen LogP contribution is 2.60. The summed E-state index contributed by atoms with van der Waals surface area (Å²) < 4.78 is 20.9. The van der Waals surface area contributed by atoms with Gasteiger partial charge in [-0.2, -0.15) is 5.10 Å². The van der Waals surface area contributed by atoms with Gasteiger partial charge < -0.3 is 29.0 Å². The number of hydrogen-bond donors (Lipinski definition) is 3. The van der Waals surface area contributed by atoms with Gasteiger partial charge in [-0.15, -0.1) is 0 Å². The number of aromatic nitrogens is 5. The molecule has 13 heteroatoms. The number of fused-ring (bicyclic) bond motifs is 5. The summed E-state index contributed by atoms with van der Waals surface area (Å²) in [5.41, 5.74) is 2.41. The van der Waals surface area contributed by atoms with Crippen LogP contribution >= 0.6 is 12.2 Å². The molecular weight excluding hydrogens is 683 g/mol. The molecule has 1 aliphatic carbocycles. The minimum absolute atomic E-state index is 0.0943. The number of pyridine rings is 1. The van der Waals surface area contributed by atoms with E-state index in [1.165, 1.54) is 0 Å². The Balaban J connectivity index is 1.28. The minimum Gasteiger partial charge on any atom is -0.507 e. The van der Waals surface area contributed by atoms with Crippen molar-refractivity contribution in [2.75, 3.05) is 14.2 Å². The first-order valence-corrected chi connectivity index (χ1v) is 16.9. The molecule has 6 aromatic rings. The third kappa shape index (κ3) is 4.69. The molecule has 3 aromatic heterocycles. The van der Waals surface area contributed by atoms with Crippen LogP contribution in [0, 0.1) is 18.6 Å². The Morgan fingerprint density at radius 3 is 2.44 bits per heavy atom. The number of para-hydroxylation sites is 1. The normalized spacial score (nSPS) is 15.9. The van der Waals surface area contributed by atoms with Crippen LogP contribution in [-0.2, 0) is 18.4 Å². The number of methoxy groups -OCH3 is 2. The van der Waals surface area contributed by atoms with E-state index in [0.29, 0.717) is 41.4 Å². The minimum atomic E-state index is -1.43. The number of rotatable bonds is 7. The van der Waals surface area contributed by atoms with Crippen LogP contribution in [0.5, 0.6) is 28.7 Å². The molecule has 262 valence electrons. The SMILES string of the molecule is COc1ccc(CCn2c(=S)[nH]c(=O)c3ccc(-c4c(O)c(C)c(O)c5c4OC4=Cc6c(c(C)nn6-c6ccccc6)C(=O)C45C)nc32)cc1OC. The number of H-pyrrole nitrogens is 1. The lowest BCUT2D eigenvalue weighted by Crippen LogP contribution is -2.36. The van der Waals surface area contributed by atoms with Crippen molar-refractivity contribution in [1.29, 1.82) is 0 Å². The Labute approximate surface area is 302 Å². The van der Waals surface area contributed by atoms with E-state index in [1.54, 1.807) is 62.4 Å². The van der Waals surface area contributed by atoms with E-state index in [-0.39, 0.29) is 67.0 Å². The number of nitrogens with one attached hydrogen (secondary N) is 1. The van der Waals surface area contributed by atoms with Gasteiger partial charge >= 0.3 is 0 Å². The highest BCUT2D eigenvalue weighted by Gasteiger charge is 2.55. The molecule has 1 aliphatic heterocycles. The summed E-state index contributed by atoms with van der Waals surface area (Å²) in [5, 5.41) is 28.2. The first-order chi connectivity index (χ1) is 25.0. The Morgan fingerprint density at radius 1 is 0.962 bits per heavy atom. The molecule has 0 amide bonds. The van der Waals surface area contributed by atoms with Gasteiger partial charge in [0.15, 0.2) is 22.1 Å². The maximum absolute atomic E-state index is 14.6. The summed E-state index contributed by atoms with van der Waals surface area (Å²) in [6, 6.07) is 18.3. The monoisotopic (exact) mass is 715 g/mol. The van der Waals surface area contributed by atoms with Gasteiger partial charge in [-0.25, -0.2) is 9.67 Å². The summed E-state index contributed by atoms with van der Waals surface area (Å²) >= 11 is 5.62. The number of ether oxygens (including phenoxy) is 3. The van der Waals surface area contributed by atoms with Crippen LogP contribution in [0.4, 0.5) is 0 Å². The van der Waals surface area contributed by atoms with E-state index in [0.717, 1.165) is 11.3 Å². The first-order valence-electron chi connectivity index (χ1n) is 16.5. The summed E-state index contributed by atoms with van der Waals surface area (Å²) in [6.07, 6.45) is 2.27. The smallest absolute Gasteiger partial charge is 0.261 e. The number of allylic oxidation sites excluding steroid dienone is 1. The van der Waals surface area contributed by atoms with Crippen LogP contribution in [0.15, 0.2) is 71.2 Å². The third-order valence-electron chi connectivity index (χ3n) is 10.1. The van der Waals surface area contributed by atoms with Crippen LogP contribution in [0.1, 0.15) is 45.4 Å². The van der Waals surface area contributed by atoms with E-state index in [2.05, 4.69) is 10.1 Å². The molecule has 0 fully saturated rings. The zero-order valence-corrected chi connectivity index (χ0v) is 29.7. The van der Waals surface area contributed by atoms with Crippen LogP contribution in [-0.4, -0.2) is 54.5 Å². The van der Waals surface area contributed by atoms with E-state index >= 15 is 0 Å². The number of nitrogens with zero attached hydrogens (tertiary/aromatic N) is 4. The van der Waals surface area contributed by atoms with Crippen molar-refractivity contribution in [2.45, 2.75) is 39.2 Å². The predicted octanol–water partition coefficient (Wildman–Crippen LogP) is 6.48. The molecule has 0 saturated heterocycles. The highest BCUT2D eigenvalue weighted by atomic mass is 32.1. The average Bonchev–Trinajstić information content (AvgIpc) is 3.64. The fraction of sp³-hybridized carbons (Fsp3) is 0.205. The summed E-state index contributed by atoms with van der Waals surface area (Å²) in [6.45, 7) is 5.39. The molecule has 0 saturated carbocycles. The number of phenolic OH excluding ortho intramolecular Hbond substituents is 2. The molecule has 3 aromatic carbocycles. The molecule has 0 bridgehead atoms. The quantitative estimate of drug-likeness (QED) is 0.157. The molecule has 0 radical (unpaired) electrons. The van der Waals surface area contributed by atoms with Gasteiger partial charge in [0.05, 0.1) is 59.1 Å². The topological polar surface area (TPSA) is 154 Å². The van der Waals surface area contributed by atoms with Gasteiger partial charge in [0.25, 0.3) is 5.56 Å². The maximum atomic E-state index is 14.6. The van der Waals surface area contributed by atoms with Gasteiger partial charge in [0.2, 0.25) is 0 Å². The number of ketones is 1. The second-order valence-corrected chi connectivity index (χ2v) is 13.4. The largest absolute Gasteiger partial charge is 0.507 e. The van der Waals surface area contributed by atoms with Crippen molar-refractivity contribution in [3.8, 4) is 45.7 Å². The van der Waals surface area contributed by atoms with Crippen LogP contribution < -0.4 is 19.8 Å². The van der Waals surface area contributed by atoms with E-state index in [4.69, 9.17) is 31.4 Å². The summed E-state index contributed by atoms with van der Waals surface area (Å²) in [5.74, 6) is 0.716.